The molecule has 0 amide bonds. The predicted molar refractivity (Wildman–Crippen MR) is 49.3 cm³/mol. The van der Waals surface area contributed by atoms with Gasteiger partial charge in [0.25, 0.3) is 10.1 Å². The van der Waals surface area contributed by atoms with Gasteiger partial charge in [-0.1, -0.05) is 28.7 Å². The molecule has 11 heavy (non-hydrogen) atoms. The molecule has 0 saturated carbocycles. The molecule has 0 fully saturated rings. The lowest BCUT2D eigenvalue weighted by Gasteiger charge is -1.99. The third-order valence-electron chi connectivity index (χ3n) is 0.953. The summed E-state index contributed by atoms with van der Waals surface area (Å²) in [5, 5.41) is 0. The largest absolute Gasteiger partial charge is 0.286 e. The Kier molecular flexibility index (Phi) is 10.3. The molecule has 0 atom stereocenters. The van der Waals surface area contributed by atoms with Crippen LogP contribution in [0.5, 0.6) is 0 Å². The molecule has 0 saturated heterocycles. The summed E-state index contributed by atoms with van der Waals surface area (Å²) < 4.78 is 28.4. The molecular weight excluding hydrogens is 164 g/mol. The van der Waals surface area contributed by atoms with Gasteiger partial charge in [-0.15, -0.1) is 0 Å². The van der Waals surface area contributed by atoms with Crippen molar-refractivity contribution in [2.45, 2.75) is 35.1 Å². The summed E-state index contributed by atoms with van der Waals surface area (Å²) in [4.78, 5) is 0. The van der Waals surface area contributed by atoms with Gasteiger partial charge in [-0.05, 0) is 12.3 Å². The second kappa shape index (κ2) is 6.61. The first kappa shape index (κ1) is 17.1. The zero-order valence-corrected chi connectivity index (χ0v) is 6.48. The molecule has 0 spiro atoms. The smallest absolute Gasteiger partial charge is 0.264 e. The van der Waals surface area contributed by atoms with E-state index in [4.69, 9.17) is 4.55 Å². The highest BCUT2D eigenvalue weighted by atomic mass is 32.2. The summed E-state index contributed by atoms with van der Waals surface area (Å²) >= 11 is 0. The molecule has 0 aliphatic heterocycles. The van der Waals surface area contributed by atoms with E-state index in [2.05, 4.69) is 0 Å². The van der Waals surface area contributed by atoms with Gasteiger partial charge in [-0.3, -0.25) is 4.55 Å². The van der Waals surface area contributed by atoms with Crippen LogP contribution in [0, 0.1) is 5.92 Å². The van der Waals surface area contributed by atoms with Gasteiger partial charge >= 0.3 is 0 Å². The molecule has 0 aromatic rings. The van der Waals surface area contributed by atoms with Gasteiger partial charge < -0.3 is 0 Å². The highest BCUT2D eigenvalue weighted by Gasteiger charge is 2.04. The molecule has 0 aromatic carbocycles. The standard InChI is InChI=1S/C5H12O3S.2CH4/c1-5(2)3-4-9(6,7)8;;/h5H,3-4H2,1-2H3,(H,6,7,8);2*1H4. The van der Waals surface area contributed by atoms with E-state index in [0.29, 0.717) is 12.3 Å². The van der Waals surface area contributed by atoms with Crippen LogP contribution >= 0.6 is 0 Å². The summed E-state index contributed by atoms with van der Waals surface area (Å²) in [6.07, 6.45) is 0.527. The van der Waals surface area contributed by atoms with Crippen LogP contribution < -0.4 is 0 Å². The SMILES string of the molecule is C.C.CC(C)CCS(=O)(=O)O. The first-order valence-electron chi connectivity index (χ1n) is 2.87. The van der Waals surface area contributed by atoms with Crippen molar-refractivity contribution in [3.63, 3.8) is 0 Å². The van der Waals surface area contributed by atoms with Crippen LogP contribution in [0.1, 0.15) is 35.1 Å². The fourth-order valence-corrected chi connectivity index (χ4v) is 1.15. The van der Waals surface area contributed by atoms with Gasteiger partial charge in [0.05, 0.1) is 5.75 Å². The maximum absolute atomic E-state index is 10.1. The molecule has 1 N–H and O–H groups in total. The van der Waals surface area contributed by atoms with Gasteiger partial charge in [-0.25, -0.2) is 0 Å². The van der Waals surface area contributed by atoms with Crippen molar-refractivity contribution in [1.82, 2.24) is 0 Å². The predicted octanol–water partition coefficient (Wildman–Crippen LogP) is 2.19. The molecule has 0 aliphatic rings. The monoisotopic (exact) mass is 184 g/mol. The highest BCUT2D eigenvalue weighted by Crippen LogP contribution is 2.00. The second-order valence-corrected chi connectivity index (χ2v) is 4.04. The molecule has 0 unspecified atom stereocenters. The Bertz CT molecular complexity index is 159. The lowest BCUT2D eigenvalue weighted by molar-refractivity contribution is 0.474. The Morgan fingerprint density at radius 2 is 1.64 bits per heavy atom. The minimum absolute atomic E-state index is 0. The van der Waals surface area contributed by atoms with E-state index in [1.807, 2.05) is 13.8 Å². The normalized spacial score (nSPS) is 10.2. The zero-order chi connectivity index (χ0) is 7.49. The number of hydrogen-bond donors (Lipinski definition) is 1. The molecule has 3 nitrogen and oxygen atoms in total. The molecule has 0 rings (SSSR count). The topological polar surface area (TPSA) is 54.4 Å². The average Bonchev–Trinajstić information content (AvgIpc) is 1.59. The van der Waals surface area contributed by atoms with Gasteiger partial charge in [0.1, 0.15) is 0 Å². The zero-order valence-electron chi connectivity index (χ0n) is 5.66. The van der Waals surface area contributed by atoms with Crippen molar-refractivity contribution in [3.8, 4) is 0 Å². The van der Waals surface area contributed by atoms with Crippen molar-refractivity contribution in [2.75, 3.05) is 5.75 Å². The summed E-state index contributed by atoms with van der Waals surface area (Å²) in [6.45, 7) is 3.82. The summed E-state index contributed by atoms with van der Waals surface area (Å²) in [5.74, 6) is 0.205. The summed E-state index contributed by atoms with van der Waals surface area (Å²) in [6, 6.07) is 0. The van der Waals surface area contributed by atoms with Crippen LogP contribution in [0.15, 0.2) is 0 Å². The lowest BCUT2D eigenvalue weighted by Crippen LogP contribution is -2.06. The van der Waals surface area contributed by atoms with E-state index < -0.39 is 10.1 Å². The van der Waals surface area contributed by atoms with Crippen LogP contribution in [0.4, 0.5) is 0 Å². The van der Waals surface area contributed by atoms with Gasteiger partial charge in [0, 0.05) is 0 Å². The van der Waals surface area contributed by atoms with Crippen LogP contribution in [0.25, 0.3) is 0 Å². The molecule has 0 radical (unpaired) electrons. The molecule has 0 aliphatic carbocycles. The minimum atomic E-state index is -3.72. The van der Waals surface area contributed by atoms with Crippen molar-refractivity contribution >= 4 is 10.1 Å². The maximum atomic E-state index is 10.1. The van der Waals surface area contributed by atoms with Crippen molar-refractivity contribution in [3.05, 3.63) is 0 Å². The van der Waals surface area contributed by atoms with Crippen molar-refractivity contribution in [1.29, 1.82) is 0 Å². The van der Waals surface area contributed by atoms with Crippen LogP contribution in [0.3, 0.4) is 0 Å². The molecular formula is C7H20O3S. The van der Waals surface area contributed by atoms with Gasteiger partial charge in [0.15, 0.2) is 0 Å². The van der Waals surface area contributed by atoms with Crippen molar-refractivity contribution in [2.24, 2.45) is 5.92 Å². The third-order valence-corrected chi connectivity index (χ3v) is 1.70. The molecule has 0 aromatic heterocycles. The maximum Gasteiger partial charge on any atom is 0.264 e. The van der Waals surface area contributed by atoms with E-state index in [9.17, 15) is 8.42 Å². The Labute approximate surface area is 70.6 Å². The summed E-state index contributed by atoms with van der Waals surface area (Å²) in [5.41, 5.74) is 0. The summed E-state index contributed by atoms with van der Waals surface area (Å²) in [7, 11) is -3.72. The average molecular weight is 184 g/mol. The first-order chi connectivity index (χ1) is 3.92. The number of rotatable bonds is 3. The van der Waals surface area contributed by atoms with E-state index in [0.717, 1.165) is 0 Å². The Morgan fingerprint density at radius 3 is 1.73 bits per heavy atom. The molecule has 72 valence electrons. The molecule has 4 heteroatoms. The molecule has 0 heterocycles. The Balaban J connectivity index is -0.000000320. The van der Waals surface area contributed by atoms with Crippen LogP contribution in [0.2, 0.25) is 0 Å². The first-order valence-corrected chi connectivity index (χ1v) is 4.48. The van der Waals surface area contributed by atoms with Crippen LogP contribution in [-0.2, 0) is 10.1 Å². The van der Waals surface area contributed by atoms with E-state index in [1.54, 1.807) is 0 Å². The minimum Gasteiger partial charge on any atom is -0.286 e. The molecule has 0 bridgehead atoms. The van der Waals surface area contributed by atoms with Gasteiger partial charge in [0.2, 0.25) is 0 Å². The highest BCUT2D eigenvalue weighted by molar-refractivity contribution is 7.85. The fourth-order valence-electron chi connectivity index (χ4n) is 0.385. The quantitative estimate of drug-likeness (QED) is 0.684. The van der Waals surface area contributed by atoms with E-state index >= 15 is 0 Å². The Hall–Kier alpha value is -0.0900. The van der Waals surface area contributed by atoms with Crippen molar-refractivity contribution < 1.29 is 13.0 Å². The Morgan fingerprint density at radius 1 is 1.27 bits per heavy atom. The second-order valence-electron chi connectivity index (χ2n) is 2.47. The van der Waals surface area contributed by atoms with E-state index in [1.165, 1.54) is 0 Å². The van der Waals surface area contributed by atoms with Gasteiger partial charge in [-0.2, -0.15) is 8.42 Å². The fraction of sp³-hybridized carbons (Fsp3) is 1.00. The lowest BCUT2D eigenvalue weighted by atomic mass is 10.2. The number of hydrogen-bond acceptors (Lipinski definition) is 2. The third kappa shape index (κ3) is 17.8. The van der Waals surface area contributed by atoms with E-state index in [-0.39, 0.29) is 20.6 Å². The van der Waals surface area contributed by atoms with Crippen LogP contribution in [-0.4, -0.2) is 18.7 Å².